The fraction of sp³-hybridized carbons (Fsp3) is 0.0769. The first kappa shape index (κ1) is 13.4. The highest BCUT2D eigenvalue weighted by Gasteiger charge is 2.09. The maximum absolute atomic E-state index is 12.9. The van der Waals surface area contributed by atoms with Gasteiger partial charge in [-0.2, -0.15) is 0 Å². The van der Waals surface area contributed by atoms with Crippen molar-refractivity contribution in [3.8, 4) is 10.6 Å². The Hall–Kier alpha value is -2.61. The van der Waals surface area contributed by atoms with Gasteiger partial charge in [-0.1, -0.05) is 5.21 Å². The molecule has 0 fully saturated rings. The van der Waals surface area contributed by atoms with Crippen LogP contribution in [0.15, 0.2) is 35.8 Å². The molecule has 2 N–H and O–H groups in total. The first-order valence-corrected chi connectivity index (χ1v) is 6.90. The van der Waals surface area contributed by atoms with Gasteiger partial charge < -0.3 is 5.73 Å². The SMILES string of the molecule is NC(=O)c1cn(Cc2csc(-c3ccc(F)cc3)n2)nn1. The molecule has 0 atom stereocenters. The van der Waals surface area contributed by atoms with Crippen LogP contribution in [0.2, 0.25) is 0 Å². The van der Waals surface area contributed by atoms with Crippen LogP contribution in [0.4, 0.5) is 4.39 Å². The number of thiazole rings is 1. The second kappa shape index (κ2) is 5.41. The summed E-state index contributed by atoms with van der Waals surface area (Å²) in [6, 6.07) is 6.15. The van der Waals surface area contributed by atoms with Gasteiger partial charge in [0.15, 0.2) is 5.69 Å². The molecule has 0 aliphatic heterocycles. The van der Waals surface area contributed by atoms with Gasteiger partial charge in [-0.3, -0.25) is 4.79 Å². The summed E-state index contributed by atoms with van der Waals surface area (Å²) < 4.78 is 14.4. The van der Waals surface area contributed by atoms with E-state index in [0.717, 1.165) is 16.3 Å². The van der Waals surface area contributed by atoms with Gasteiger partial charge in [0.1, 0.15) is 10.8 Å². The van der Waals surface area contributed by atoms with E-state index in [4.69, 9.17) is 5.73 Å². The van der Waals surface area contributed by atoms with Crippen molar-refractivity contribution in [3.63, 3.8) is 0 Å². The summed E-state index contributed by atoms with van der Waals surface area (Å²) in [5, 5.41) is 10.1. The number of nitrogens with two attached hydrogens (primary N) is 1. The molecule has 2 aromatic heterocycles. The molecular weight excluding hydrogens is 293 g/mol. The van der Waals surface area contributed by atoms with Crippen molar-refractivity contribution >= 4 is 17.2 Å². The second-order valence-corrected chi connectivity index (χ2v) is 5.17. The van der Waals surface area contributed by atoms with Crippen molar-refractivity contribution in [2.45, 2.75) is 6.54 Å². The Morgan fingerprint density at radius 2 is 2.10 bits per heavy atom. The molecule has 0 bridgehead atoms. The summed E-state index contributed by atoms with van der Waals surface area (Å²) in [4.78, 5) is 15.4. The van der Waals surface area contributed by atoms with Crippen molar-refractivity contribution in [2.75, 3.05) is 0 Å². The Morgan fingerprint density at radius 1 is 1.33 bits per heavy atom. The summed E-state index contributed by atoms with van der Waals surface area (Å²) in [5.74, 6) is -0.899. The Bertz CT molecular complexity index is 780. The number of nitrogens with zero attached hydrogens (tertiary/aromatic N) is 4. The number of carbonyl (C=O) groups is 1. The predicted molar refractivity (Wildman–Crippen MR) is 75.1 cm³/mol. The third kappa shape index (κ3) is 2.95. The quantitative estimate of drug-likeness (QED) is 0.794. The van der Waals surface area contributed by atoms with Crippen molar-refractivity contribution in [3.05, 3.63) is 53.0 Å². The largest absolute Gasteiger partial charge is 0.364 e. The van der Waals surface area contributed by atoms with Crippen LogP contribution in [0.1, 0.15) is 16.2 Å². The number of carbonyl (C=O) groups excluding carboxylic acids is 1. The van der Waals surface area contributed by atoms with Crippen LogP contribution in [-0.2, 0) is 6.54 Å². The molecule has 2 heterocycles. The molecule has 106 valence electrons. The van der Waals surface area contributed by atoms with Crippen LogP contribution < -0.4 is 5.73 Å². The molecule has 0 aliphatic carbocycles. The average Bonchev–Trinajstić information content (AvgIpc) is 3.10. The third-order valence-electron chi connectivity index (χ3n) is 2.76. The number of halogens is 1. The minimum Gasteiger partial charge on any atom is -0.364 e. The molecule has 0 spiro atoms. The third-order valence-corrected chi connectivity index (χ3v) is 3.70. The first-order valence-electron chi connectivity index (χ1n) is 6.02. The predicted octanol–water partition coefficient (Wildman–Crippen LogP) is 1.69. The van der Waals surface area contributed by atoms with Crippen LogP contribution in [0.25, 0.3) is 10.6 Å². The summed E-state index contributed by atoms with van der Waals surface area (Å²) in [5.41, 5.74) is 6.86. The molecule has 0 saturated carbocycles. The molecule has 1 aromatic carbocycles. The lowest BCUT2D eigenvalue weighted by molar-refractivity contribution is 0.0995. The maximum Gasteiger partial charge on any atom is 0.270 e. The van der Waals surface area contributed by atoms with Gasteiger partial charge in [-0.15, -0.1) is 16.4 Å². The summed E-state index contributed by atoms with van der Waals surface area (Å²) in [6.45, 7) is 0.387. The maximum atomic E-state index is 12.9. The molecule has 8 heteroatoms. The van der Waals surface area contributed by atoms with E-state index >= 15 is 0 Å². The second-order valence-electron chi connectivity index (χ2n) is 4.32. The Kier molecular flexibility index (Phi) is 3.44. The lowest BCUT2D eigenvalue weighted by Gasteiger charge is -1.96. The zero-order chi connectivity index (χ0) is 14.8. The molecule has 0 unspecified atom stereocenters. The number of aromatic nitrogens is 4. The van der Waals surface area contributed by atoms with Crippen LogP contribution in [0.5, 0.6) is 0 Å². The minimum absolute atomic E-state index is 0.115. The molecular formula is C13H10FN5OS. The number of hydrogen-bond donors (Lipinski definition) is 1. The number of rotatable bonds is 4. The van der Waals surface area contributed by atoms with Crippen molar-refractivity contribution in [2.24, 2.45) is 5.73 Å². The topological polar surface area (TPSA) is 86.7 Å². The van der Waals surface area contributed by atoms with Crippen LogP contribution in [0, 0.1) is 5.82 Å². The van der Waals surface area contributed by atoms with Crippen LogP contribution in [0.3, 0.4) is 0 Å². The van der Waals surface area contributed by atoms with E-state index in [0.29, 0.717) is 6.54 Å². The summed E-state index contributed by atoms with van der Waals surface area (Å²) in [7, 11) is 0. The Labute approximate surface area is 123 Å². The molecule has 3 rings (SSSR count). The number of amides is 1. The van der Waals surface area contributed by atoms with Crippen molar-refractivity contribution < 1.29 is 9.18 Å². The van der Waals surface area contributed by atoms with E-state index in [1.807, 2.05) is 5.38 Å². The van der Waals surface area contributed by atoms with Crippen molar-refractivity contribution in [1.82, 2.24) is 20.0 Å². The highest BCUT2D eigenvalue weighted by atomic mass is 32.1. The fourth-order valence-electron chi connectivity index (χ4n) is 1.76. The van der Waals surface area contributed by atoms with Crippen molar-refractivity contribution in [1.29, 1.82) is 0 Å². The zero-order valence-corrected chi connectivity index (χ0v) is 11.5. The average molecular weight is 303 g/mol. The molecule has 0 radical (unpaired) electrons. The highest BCUT2D eigenvalue weighted by molar-refractivity contribution is 7.13. The van der Waals surface area contributed by atoms with Crippen LogP contribution in [-0.4, -0.2) is 25.9 Å². The highest BCUT2D eigenvalue weighted by Crippen LogP contribution is 2.24. The molecule has 3 aromatic rings. The monoisotopic (exact) mass is 303 g/mol. The van der Waals surface area contributed by atoms with Gasteiger partial charge in [-0.05, 0) is 24.3 Å². The first-order chi connectivity index (χ1) is 10.1. The van der Waals surface area contributed by atoms with Gasteiger partial charge in [0.05, 0.1) is 18.4 Å². The Balaban J connectivity index is 1.78. The number of primary amides is 1. The van der Waals surface area contributed by atoms with E-state index in [9.17, 15) is 9.18 Å². The summed E-state index contributed by atoms with van der Waals surface area (Å²) >= 11 is 1.45. The number of hydrogen-bond acceptors (Lipinski definition) is 5. The summed E-state index contributed by atoms with van der Waals surface area (Å²) in [6.07, 6.45) is 1.47. The molecule has 0 aliphatic rings. The van der Waals surface area contributed by atoms with Gasteiger partial charge in [0.25, 0.3) is 5.91 Å². The van der Waals surface area contributed by atoms with E-state index < -0.39 is 5.91 Å². The van der Waals surface area contributed by atoms with Gasteiger partial charge in [0, 0.05) is 10.9 Å². The lowest BCUT2D eigenvalue weighted by atomic mass is 10.2. The van der Waals surface area contributed by atoms with Gasteiger partial charge >= 0.3 is 0 Å². The zero-order valence-electron chi connectivity index (χ0n) is 10.7. The minimum atomic E-state index is -0.619. The molecule has 0 saturated heterocycles. The van der Waals surface area contributed by atoms with E-state index in [1.165, 1.54) is 34.3 Å². The van der Waals surface area contributed by atoms with Gasteiger partial charge in [0.2, 0.25) is 0 Å². The lowest BCUT2D eigenvalue weighted by Crippen LogP contribution is -2.11. The Morgan fingerprint density at radius 3 is 2.76 bits per heavy atom. The molecule has 6 nitrogen and oxygen atoms in total. The molecule has 21 heavy (non-hydrogen) atoms. The normalized spacial score (nSPS) is 10.7. The van der Waals surface area contributed by atoms with E-state index in [1.54, 1.807) is 12.1 Å². The van der Waals surface area contributed by atoms with Crippen LogP contribution >= 0.6 is 11.3 Å². The van der Waals surface area contributed by atoms with E-state index in [2.05, 4.69) is 15.3 Å². The standard InChI is InChI=1S/C13H10FN5OS/c14-9-3-1-8(2-4-9)13-16-10(7-21-13)5-19-6-11(12(15)20)17-18-19/h1-4,6-7H,5H2,(H2,15,20). The fourth-order valence-corrected chi connectivity index (χ4v) is 2.58. The number of benzene rings is 1. The van der Waals surface area contributed by atoms with Gasteiger partial charge in [-0.25, -0.2) is 14.1 Å². The van der Waals surface area contributed by atoms with E-state index in [-0.39, 0.29) is 11.5 Å². The molecule has 1 amide bonds. The smallest absolute Gasteiger partial charge is 0.270 e.